The van der Waals surface area contributed by atoms with Crippen LogP contribution < -0.4 is 0 Å². The zero-order valence-electron chi connectivity index (χ0n) is 20.3. The summed E-state index contributed by atoms with van der Waals surface area (Å²) in [4.78, 5) is 13.7. The van der Waals surface area contributed by atoms with Crippen LogP contribution in [0, 0.1) is 17.0 Å². The van der Waals surface area contributed by atoms with Gasteiger partial charge in [-0.05, 0) is 47.9 Å². The molecule has 0 unspecified atom stereocenters. The van der Waals surface area contributed by atoms with Crippen LogP contribution in [0.2, 0.25) is 0 Å². The van der Waals surface area contributed by atoms with Gasteiger partial charge in [-0.3, -0.25) is 10.1 Å². The third-order valence-corrected chi connectivity index (χ3v) is 8.07. The predicted molar refractivity (Wildman–Crippen MR) is 128 cm³/mol. The summed E-state index contributed by atoms with van der Waals surface area (Å²) in [7, 11) is 0. The predicted octanol–water partition coefficient (Wildman–Crippen LogP) is 3.10. The van der Waals surface area contributed by atoms with Gasteiger partial charge >= 0.3 is 0 Å². The van der Waals surface area contributed by atoms with E-state index in [0.717, 1.165) is 24.1 Å². The average molecular weight is 506 g/mol. The minimum absolute atomic E-state index is 0.104. The summed E-state index contributed by atoms with van der Waals surface area (Å²) in [6, 6.07) is 5.52. The molecule has 1 saturated carbocycles. The summed E-state index contributed by atoms with van der Waals surface area (Å²) in [5.74, 6) is -0.502. The molecule has 2 bridgehead atoms. The lowest BCUT2D eigenvalue weighted by molar-refractivity contribution is 0.0939. The second-order valence-electron chi connectivity index (χ2n) is 10.3. The van der Waals surface area contributed by atoms with Crippen molar-refractivity contribution in [3.8, 4) is 22.8 Å². The summed E-state index contributed by atoms with van der Waals surface area (Å²) in [5, 5.41) is 34.6. The Bertz CT molecular complexity index is 1490. The summed E-state index contributed by atoms with van der Waals surface area (Å²) in [6.07, 6.45) is 4.12. The minimum Gasteiger partial charge on any atom is -0.394 e. The van der Waals surface area contributed by atoms with Gasteiger partial charge in [-0.1, -0.05) is 19.9 Å². The van der Waals surface area contributed by atoms with Crippen molar-refractivity contribution in [3.05, 3.63) is 71.1 Å². The van der Waals surface area contributed by atoms with Crippen LogP contribution in [0.3, 0.4) is 0 Å². The Morgan fingerprint density at radius 2 is 1.89 bits per heavy atom. The maximum absolute atomic E-state index is 14.5. The lowest BCUT2D eigenvalue weighted by Crippen LogP contribution is -2.38. The normalized spacial score (nSPS) is 22.3. The third-order valence-electron chi connectivity index (χ3n) is 8.07. The molecule has 190 valence electrons. The lowest BCUT2D eigenvalue weighted by atomic mass is 9.66. The quantitative estimate of drug-likeness (QED) is 0.364. The number of H-pyrrole nitrogens is 1. The fourth-order valence-corrected chi connectivity index (χ4v) is 6.22. The molecule has 6 rings (SSSR count). The third kappa shape index (κ3) is 3.41. The van der Waals surface area contributed by atoms with Gasteiger partial charge in [0, 0.05) is 12.6 Å². The van der Waals surface area contributed by atoms with E-state index in [9.17, 15) is 13.9 Å². The highest BCUT2D eigenvalue weighted by atomic mass is 19.1. The van der Waals surface area contributed by atoms with E-state index in [1.54, 1.807) is 18.5 Å². The van der Waals surface area contributed by atoms with Gasteiger partial charge in [0.2, 0.25) is 5.82 Å². The number of benzene rings is 1. The van der Waals surface area contributed by atoms with E-state index >= 15 is 0 Å². The number of hydrogen-bond donors (Lipinski definition) is 3. The molecular formula is C26H25F2N7O2. The number of hydrogen-bond acceptors (Lipinski definition) is 8. The lowest BCUT2D eigenvalue weighted by Gasteiger charge is -2.37. The molecule has 2 aliphatic carbocycles. The number of rotatable bonds is 6. The van der Waals surface area contributed by atoms with Crippen molar-refractivity contribution in [3.63, 3.8) is 0 Å². The van der Waals surface area contributed by atoms with Gasteiger partial charge in [-0.25, -0.2) is 18.7 Å². The van der Waals surface area contributed by atoms with Crippen LogP contribution in [0.15, 0.2) is 36.7 Å². The van der Waals surface area contributed by atoms with Gasteiger partial charge in [0.05, 0.1) is 47.0 Å². The number of aliphatic hydroxyl groups is 2. The Balaban J connectivity index is 1.43. The Hall–Kier alpha value is -3.70. The van der Waals surface area contributed by atoms with Crippen molar-refractivity contribution in [2.75, 3.05) is 6.61 Å². The van der Waals surface area contributed by atoms with E-state index in [0.29, 0.717) is 23.0 Å². The first kappa shape index (κ1) is 23.7. The molecule has 4 aromatic rings. The molecule has 0 radical (unpaired) electrons. The number of nitrogens with zero attached hydrogens (tertiary/aromatic N) is 6. The smallest absolute Gasteiger partial charge is 0.201 e. The van der Waals surface area contributed by atoms with Gasteiger partial charge in [0.15, 0.2) is 0 Å². The number of aliphatic hydroxyl groups excluding tert-OH is 2. The van der Waals surface area contributed by atoms with Gasteiger partial charge in [0.1, 0.15) is 23.2 Å². The Kier molecular flexibility index (Phi) is 5.39. The largest absolute Gasteiger partial charge is 0.394 e. The highest BCUT2D eigenvalue weighted by Crippen LogP contribution is 2.69. The van der Waals surface area contributed by atoms with Crippen LogP contribution in [0.4, 0.5) is 8.78 Å². The maximum Gasteiger partial charge on any atom is 0.201 e. The molecule has 1 fully saturated rings. The molecule has 3 heterocycles. The van der Waals surface area contributed by atoms with Gasteiger partial charge in [-0.2, -0.15) is 10.2 Å². The number of halogens is 2. The van der Waals surface area contributed by atoms with E-state index in [1.807, 2.05) is 0 Å². The van der Waals surface area contributed by atoms with Crippen LogP contribution >= 0.6 is 0 Å². The SMILES string of the molecule is CC1(C)[C@H]2CC[C@]1(c1cncc(-c3n[nH]c(C[C@H](O)CO)n3)n1)c1nnc(-c3c(F)cccc3F)cc12. The monoisotopic (exact) mass is 505 g/mol. The van der Waals surface area contributed by atoms with Gasteiger partial charge in [-0.15, -0.1) is 5.10 Å². The Labute approximate surface area is 211 Å². The fraction of sp³-hybridized carbons (Fsp3) is 0.385. The molecule has 0 saturated heterocycles. The van der Waals surface area contributed by atoms with E-state index in [-0.39, 0.29) is 35.6 Å². The van der Waals surface area contributed by atoms with Gasteiger partial charge < -0.3 is 10.2 Å². The number of aromatic nitrogens is 7. The van der Waals surface area contributed by atoms with Crippen LogP contribution in [-0.2, 0) is 11.8 Å². The maximum atomic E-state index is 14.5. The molecule has 0 spiro atoms. The molecule has 0 amide bonds. The number of fused-ring (bicyclic) bond motifs is 5. The highest BCUT2D eigenvalue weighted by Gasteiger charge is 2.65. The summed E-state index contributed by atoms with van der Waals surface area (Å²) in [5.41, 5.74) is 1.93. The van der Waals surface area contributed by atoms with E-state index in [2.05, 4.69) is 44.2 Å². The Morgan fingerprint density at radius 1 is 1.11 bits per heavy atom. The zero-order valence-corrected chi connectivity index (χ0v) is 20.3. The average Bonchev–Trinajstić information content (AvgIpc) is 3.51. The number of nitrogens with one attached hydrogen (secondary N) is 1. The zero-order chi connectivity index (χ0) is 25.9. The van der Waals surface area contributed by atoms with E-state index in [1.165, 1.54) is 18.2 Å². The molecule has 3 aromatic heterocycles. The molecule has 37 heavy (non-hydrogen) atoms. The van der Waals surface area contributed by atoms with Crippen molar-refractivity contribution in [1.29, 1.82) is 0 Å². The Morgan fingerprint density at radius 3 is 2.65 bits per heavy atom. The van der Waals surface area contributed by atoms with Crippen molar-refractivity contribution in [1.82, 2.24) is 35.3 Å². The first-order chi connectivity index (χ1) is 17.8. The first-order valence-electron chi connectivity index (χ1n) is 12.1. The molecule has 2 aliphatic rings. The van der Waals surface area contributed by atoms with Gasteiger partial charge in [0.25, 0.3) is 0 Å². The van der Waals surface area contributed by atoms with Crippen LogP contribution in [0.1, 0.15) is 55.4 Å². The minimum atomic E-state index is -0.940. The van der Waals surface area contributed by atoms with Crippen LogP contribution in [0.25, 0.3) is 22.8 Å². The van der Waals surface area contributed by atoms with Crippen molar-refractivity contribution in [2.24, 2.45) is 5.41 Å². The standard InChI is InChI=1S/C26H25F2N7O2/c1-25(2)15-6-7-26(25,23-14(15)9-18(32-34-23)22-16(27)4-3-5-17(22)28)20-11-29-10-19(30-20)24-31-21(33-35-24)8-13(37)12-36/h3-5,9-11,13,15,36-37H,6-8,12H2,1-2H3,(H,31,33,35)/t13-,15-,26-/m0/s1. The number of aromatic amines is 1. The molecule has 3 atom stereocenters. The molecule has 9 nitrogen and oxygen atoms in total. The van der Waals surface area contributed by atoms with E-state index in [4.69, 9.17) is 10.1 Å². The van der Waals surface area contributed by atoms with Crippen molar-refractivity contribution in [2.45, 2.75) is 50.5 Å². The van der Waals surface area contributed by atoms with Crippen molar-refractivity contribution < 1.29 is 19.0 Å². The second kappa shape index (κ2) is 8.42. The highest BCUT2D eigenvalue weighted by molar-refractivity contribution is 5.64. The second-order valence-corrected chi connectivity index (χ2v) is 10.3. The van der Waals surface area contributed by atoms with Crippen LogP contribution in [0.5, 0.6) is 0 Å². The fourth-order valence-electron chi connectivity index (χ4n) is 6.22. The molecule has 3 N–H and O–H groups in total. The summed E-state index contributed by atoms with van der Waals surface area (Å²) in [6.45, 7) is 3.94. The molecule has 1 aromatic carbocycles. The summed E-state index contributed by atoms with van der Waals surface area (Å²) >= 11 is 0. The topological polar surface area (TPSA) is 134 Å². The first-order valence-corrected chi connectivity index (χ1v) is 12.1. The summed E-state index contributed by atoms with van der Waals surface area (Å²) < 4.78 is 29.0. The van der Waals surface area contributed by atoms with E-state index < -0.39 is 23.2 Å². The molecular weight excluding hydrogens is 480 g/mol. The molecule has 0 aliphatic heterocycles. The van der Waals surface area contributed by atoms with Crippen molar-refractivity contribution >= 4 is 0 Å². The molecule has 11 heteroatoms. The van der Waals surface area contributed by atoms with Crippen LogP contribution in [-0.4, -0.2) is 58.3 Å².